The molecule has 0 saturated heterocycles. The average Bonchev–Trinajstić information content (AvgIpc) is 2.69. The highest BCUT2D eigenvalue weighted by Gasteiger charge is 2.17. The fraction of sp³-hybridized carbons (Fsp3) is 0.0500. The Labute approximate surface area is 172 Å². The third kappa shape index (κ3) is 4.78. The molecule has 0 aromatic heterocycles. The predicted octanol–water partition coefficient (Wildman–Crippen LogP) is 4.12. The van der Waals surface area contributed by atoms with Gasteiger partial charge in [0.25, 0.3) is 15.9 Å². The highest BCUT2D eigenvalue weighted by atomic mass is 79.9. The van der Waals surface area contributed by atoms with Crippen molar-refractivity contribution in [1.82, 2.24) is 10.3 Å². The van der Waals surface area contributed by atoms with Crippen LogP contribution in [0.4, 0.5) is 11.4 Å². The number of hydrazine groups is 1. The first kappa shape index (κ1) is 20.1. The van der Waals surface area contributed by atoms with Gasteiger partial charge >= 0.3 is 0 Å². The fourth-order valence-corrected chi connectivity index (χ4v) is 3.68. The standard InChI is InChI=1S/C20H18BrN3O3S/c1-14-10-12-15(13-11-14)28(26,27)24-23-20(25)16-6-2-4-8-18(16)22-19-9-5-3-7-17(19)21/h2-13,22,24H,1H3,(H,23,25). The summed E-state index contributed by atoms with van der Waals surface area (Å²) >= 11 is 3.45. The number of benzene rings is 3. The molecule has 144 valence electrons. The van der Waals surface area contributed by atoms with Crippen LogP contribution in [0.15, 0.2) is 82.2 Å². The molecule has 0 fully saturated rings. The Morgan fingerprint density at radius 3 is 2.14 bits per heavy atom. The molecule has 0 spiro atoms. The van der Waals surface area contributed by atoms with Crippen LogP contribution in [0.5, 0.6) is 0 Å². The maximum Gasteiger partial charge on any atom is 0.268 e. The zero-order chi connectivity index (χ0) is 20.1. The van der Waals surface area contributed by atoms with Crippen LogP contribution in [-0.2, 0) is 10.0 Å². The minimum absolute atomic E-state index is 0.0676. The van der Waals surface area contributed by atoms with Crippen LogP contribution in [0, 0.1) is 6.92 Å². The number of nitrogens with one attached hydrogen (secondary N) is 3. The van der Waals surface area contributed by atoms with Gasteiger partial charge in [0.15, 0.2) is 0 Å². The molecule has 28 heavy (non-hydrogen) atoms. The molecule has 0 heterocycles. The van der Waals surface area contributed by atoms with E-state index in [4.69, 9.17) is 0 Å². The number of carbonyl (C=O) groups is 1. The van der Waals surface area contributed by atoms with Gasteiger partial charge in [0.05, 0.1) is 21.8 Å². The van der Waals surface area contributed by atoms with Crippen molar-refractivity contribution in [2.24, 2.45) is 0 Å². The maximum atomic E-state index is 12.6. The van der Waals surface area contributed by atoms with E-state index in [1.54, 1.807) is 36.4 Å². The molecule has 0 radical (unpaired) electrons. The lowest BCUT2D eigenvalue weighted by molar-refractivity contribution is 0.0946. The Balaban J connectivity index is 1.76. The first-order chi connectivity index (χ1) is 13.4. The first-order valence-corrected chi connectivity index (χ1v) is 10.6. The summed E-state index contributed by atoms with van der Waals surface area (Å²) < 4.78 is 25.5. The number of hydrogen-bond acceptors (Lipinski definition) is 4. The molecule has 3 aromatic carbocycles. The predicted molar refractivity (Wildman–Crippen MR) is 113 cm³/mol. The third-order valence-electron chi connectivity index (χ3n) is 3.95. The monoisotopic (exact) mass is 459 g/mol. The first-order valence-electron chi connectivity index (χ1n) is 8.36. The molecule has 0 aliphatic carbocycles. The SMILES string of the molecule is Cc1ccc(S(=O)(=O)NNC(=O)c2ccccc2Nc2ccccc2Br)cc1. The quantitative estimate of drug-likeness (QED) is 0.483. The highest BCUT2D eigenvalue weighted by molar-refractivity contribution is 9.10. The summed E-state index contributed by atoms with van der Waals surface area (Å²) in [6.45, 7) is 1.86. The zero-order valence-corrected chi connectivity index (χ0v) is 17.3. The molecule has 0 aliphatic rings. The second kappa shape index (κ2) is 8.55. The summed E-state index contributed by atoms with van der Waals surface area (Å²) in [5.74, 6) is -0.578. The number of rotatable bonds is 6. The van der Waals surface area contributed by atoms with Crippen LogP contribution >= 0.6 is 15.9 Å². The number of carbonyl (C=O) groups excluding carboxylic acids is 1. The third-order valence-corrected chi connectivity index (χ3v) is 5.90. The van der Waals surface area contributed by atoms with Crippen LogP contribution in [0.3, 0.4) is 0 Å². The van der Waals surface area contributed by atoms with Gasteiger partial charge in [0, 0.05) is 4.47 Å². The molecular formula is C20H18BrN3O3S. The lowest BCUT2D eigenvalue weighted by Gasteiger charge is -2.14. The minimum Gasteiger partial charge on any atom is -0.354 e. The Kier molecular flexibility index (Phi) is 6.13. The molecule has 1 amide bonds. The van der Waals surface area contributed by atoms with Crippen molar-refractivity contribution in [3.63, 3.8) is 0 Å². The van der Waals surface area contributed by atoms with Crippen molar-refractivity contribution in [3.8, 4) is 0 Å². The van der Waals surface area contributed by atoms with Crippen molar-refractivity contribution in [2.45, 2.75) is 11.8 Å². The average molecular weight is 460 g/mol. The van der Waals surface area contributed by atoms with Crippen molar-refractivity contribution in [1.29, 1.82) is 0 Å². The zero-order valence-electron chi connectivity index (χ0n) is 14.9. The van der Waals surface area contributed by atoms with Crippen molar-refractivity contribution < 1.29 is 13.2 Å². The smallest absolute Gasteiger partial charge is 0.268 e. The van der Waals surface area contributed by atoms with E-state index >= 15 is 0 Å². The Morgan fingerprint density at radius 2 is 1.46 bits per heavy atom. The minimum atomic E-state index is -3.87. The second-order valence-corrected chi connectivity index (χ2v) is 8.56. The van der Waals surface area contributed by atoms with Gasteiger partial charge in [0.2, 0.25) is 0 Å². The van der Waals surface area contributed by atoms with Gasteiger partial charge in [-0.2, -0.15) is 0 Å². The lowest BCUT2D eigenvalue weighted by atomic mass is 10.1. The van der Waals surface area contributed by atoms with Gasteiger partial charge < -0.3 is 5.32 Å². The van der Waals surface area contributed by atoms with Crippen molar-refractivity contribution >= 4 is 43.2 Å². The van der Waals surface area contributed by atoms with Gasteiger partial charge in [-0.1, -0.05) is 42.0 Å². The van der Waals surface area contributed by atoms with E-state index in [1.807, 2.05) is 31.2 Å². The van der Waals surface area contributed by atoms with E-state index in [-0.39, 0.29) is 4.90 Å². The number of sulfonamides is 1. The van der Waals surface area contributed by atoms with Gasteiger partial charge in [-0.05, 0) is 59.3 Å². The summed E-state index contributed by atoms with van der Waals surface area (Å²) in [4.78, 5) is 14.8. The molecule has 8 heteroatoms. The van der Waals surface area contributed by atoms with Gasteiger partial charge in [0.1, 0.15) is 0 Å². The lowest BCUT2D eigenvalue weighted by Crippen LogP contribution is -2.41. The number of halogens is 1. The van der Waals surface area contributed by atoms with Gasteiger partial charge in [-0.25, -0.2) is 8.42 Å². The van der Waals surface area contributed by atoms with Crippen molar-refractivity contribution in [2.75, 3.05) is 5.32 Å². The molecule has 0 atom stereocenters. The largest absolute Gasteiger partial charge is 0.354 e. The summed E-state index contributed by atoms with van der Waals surface area (Å²) in [7, 11) is -3.87. The Morgan fingerprint density at radius 1 is 0.857 bits per heavy atom. The number of para-hydroxylation sites is 2. The highest BCUT2D eigenvalue weighted by Crippen LogP contribution is 2.27. The number of aryl methyl sites for hydroxylation is 1. The van der Waals surface area contributed by atoms with Gasteiger partial charge in [-0.3, -0.25) is 10.2 Å². The fourth-order valence-electron chi connectivity index (χ4n) is 2.45. The molecule has 3 N–H and O–H groups in total. The van der Waals surface area contributed by atoms with E-state index in [9.17, 15) is 13.2 Å². The molecule has 6 nitrogen and oxygen atoms in total. The van der Waals surface area contributed by atoms with E-state index in [1.165, 1.54) is 12.1 Å². The number of anilines is 2. The second-order valence-electron chi connectivity index (χ2n) is 6.02. The van der Waals surface area contributed by atoms with Crippen LogP contribution in [0.25, 0.3) is 0 Å². The summed E-state index contributed by atoms with van der Waals surface area (Å²) in [6, 6.07) is 20.6. The maximum absolute atomic E-state index is 12.6. The summed E-state index contributed by atoms with van der Waals surface area (Å²) in [5, 5.41) is 3.17. The molecular weight excluding hydrogens is 442 g/mol. The normalized spacial score (nSPS) is 11.1. The molecule has 0 aliphatic heterocycles. The Bertz CT molecular complexity index is 1100. The summed E-state index contributed by atoms with van der Waals surface area (Å²) in [6.07, 6.45) is 0. The van der Waals surface area contributed by atoms with E-state index < -0.39 is 15.9 Å². The van der Waals surface area contributed by atoms with Crippen LogP contribution in [-0.4, -0.2) is 14.3 Å². The van der Waals surface area contributed by atoms with E-state index in [0.717, 1.165) is 15.7 Å². The topological polar surface area (TPSA) is 87.3 Å². The van der Waals surface area contributed by atoms with E-state index in [0.29, 0.717) is 11.3 Å². The molecule has 3 aromatic rings. The molecule has 0 unspecified atom stereocenters. The van der Waals surface area contributed by atoms with Crippen LogP contribution < -0.4 is 15.6 Å². The van der Waals surface area contributed by atoms with Crippen molar-refractivity contribution in [3.05, 3.63) is 88.4 Å². The van der Waals surface area contributed by atoms with Crippen LogP contribution in [0.1, 0.15) is 15.9 Å². The van der Waals surface area contributed by atoms with E-state index in [2.05, 4.69) is 31.5 Å². The number of amides is 1. The summed E-state index contributed by atoms with van der Waals surface area (Å²) in [5.41, 5.74) is 4.82. The van der Waals surface area contributed by atoms with Crippen LogP contribution in [0.2, 0.25) is 0 Å². The molecule has 0 saturated carbocycles. The van der Waals surface area contributed by atoms with Gasteiger partial charge in [-0.15, -0.1) is 4.83 Å². The Hall–Kier alpha value is -2.68. The molecule has 0 bridgehead atoms. The molecule has 3 rings (SSSR count). The number of hydrogen-bond donors (Lipinski definition) is 3.